The SMILES string of the molecule is CO[C@@H]1C=C[C@H]2O[C@@]2(COC(=O)c2ccccc2)[C@H]1OC(C)=O. The van der Waals surface area contributed by atoms with Crippen LogP contribution >= 0.6 is 0 Å². The van der Waals surface area contributed by atoms with Crippen molar-refractivity contribution >= 4 is 11.9 Å². The molecule has 1 heterocycles. The number of hydrogen-bond donors (Lipinski definition) is 0. The Morgan fingerprint density at radius 2 is 1.96 bits per heavy atom. The predicted octanol–water partition coefficient (Wildman–Crippen LogP) is 1.50. The Bertz CT molecular complexity index is 625. The molecule has 23 heavy (non-hydrogen) atoms. The Morgan fingerprint density at radius 1 is 1.22 bits per heavy atom. The molecular formula is C17H18O6. The van der Waals surface area contributed by atoms with Crippen molar-refractivity contribution in [2.24, 2.45) is 0 Å². The maximum Gasteiger partial charge on any atom is 0.338 e. The molecule has 0 saturated carbocycles. The molecule has 0 N–H and O–H groups in total. The number of epoxide rings is 1. The van der Waals surface area contributed by atoms with Gasteiger partial charge in [0.25, 0.3) is 0 Å². The molecular weight excluding hydrogens is 300 g/mol. The van der Waals surface area contributed by atoms with Gasteiger partial charge in [-0.25, -0.2) is 4.79 Å². The monoisotopic (exact) mass is 318 g/mol. The van der Waals surface area contributed by atoms with Gasteiger partial charge in [0.2, 0.25) is 0 Å². The molecule has 0 radical (unpaired) electrons. The zero-order valence-electron chi connectivity index (χ0n) is 12.9. The summed E-state index contributed by atoms with van der Waals surface area (Å²) in [7, 11) is 1.53. The van der Waals surface area contributed by atoms with E-state index in [0.29, 0.717) is 5.56 Å². The smallest absolute Gasteiger partial charge is 0.338 e. The normalized spacial score (nSPS) is 31.1. The van der Waals surface area contributed by atoms with Crippen LogP contribution in [0.15, 0.2) is 42.5 Å². The molecule has 1 aromatic carbocycles. The zero-order chi connectivity index (χ0) is 16.4. The van der Waals surface area contributed by atoms with E-state index in [2.05, 4.69) is 0 Å². The summed E-state index contributed by atoms with van der Waals surface area (Å²) in [6.07, 6.45) is 2.30. The molecule has 4 atom stereocenters. The van der Waals surface area contributed by atoms with Crippen molar-refractivity contribution in [3.05, 3.63) is 48.0 Å². The van der Waals surface area contributed by atoms with Crippen molar-refractivity contribution in [1.82, 2.24) is 0 Å². The van der Waals surface area contributed by atoms with Gasteiger partial charge in [-0.05, 0) is 12.1 Å². The lowest BCUT2D eigenvalue weighted by atomic mass is 9.89. The van der Waals surface area contributed by atoms with Gasteiger partial charge in [0.05, 0.1) is 5.56 Å². The van der Waals surface area contributed by atoms with E-state index in [1.165, 1.54) is 14.0 Å². The minimum absolute atomic E-state index is 0.00641. The summed E-state index contributed by atoms with van der Waals surface area (Å²) in [4.78, 5) is 23.5. The second-order valence-electron chi connectivity index (χ2n) is 5.55. The Morgan fingerprint density at radius 3 is 2.61 bits per heavy atom. The van der Waals surface area contributed by atoms with Crippen LogP contribution in [0.2, 0.25) is 0 Å². The third kappa shape index (κ3) is 3.00. The largest absolute Gasteiger partial charge is 0.459 e. The van der Waals surface area contributed by atoms with E-state index in [4.69, 9.17) is 18.9 Å². The molecule has 0 unspecified atom stereocenters. The number of carbonyl (C=O) groups is 2. The minimum atomic E-state index is -0.870. The quantitative estimate of drug-likeness (QED) is 0.465. The van der Waals surface area contributed by atoms with Crippen LogP contribution in [0.3, 0.4) is 0 Å². The highest BCUT2D eigenvalue weighted by atomic mass is 16.7. The van der Waals surface area contributed by atoms with Crippen molar-refractivity contribution in [2.75, 3.05) is 13.7 Å². The summed E-state index contributed by atoms with van der Waals surface area (Å²) < 4.78 is 21.7. The average molecular weight is 318 g/mol. The van der Waals surface area contributed by atoms with E-state index in [1.807, 2.05) is 12.1 Å². The fraction of sp³-hybridized carbons (Fsp3) is 0.412. The summed E-state index contributed by atoms with van der Waals surface area (Å²) >= 11 is 0. The van der Waals surface area contributed by atoms with Crippen LogP contribution in [0.1, 0.15) is 17.3 Å². The van der Waals surface area contributed by atoms with Crippen LogP contribution in [0.4, 0.5) is 0 Å². The lowest BCUT2D eigenvalue weighted by molar-refractivity contribution is -0.159. The Balaban J connectivity index is 1.72. The van der Waals surface area contributed by atoms with Crippen molar-refractivity contribution in [1.29, 1.82) is 0 Å². The Kier molecular flexibility index (Phi) is 4.19. The van der Waals surface area contributed by atoms with Crippen LogP contribution in [0.5, 0.6) is 0 Å². The summed E-state index contributed by atoms with van der Waals surface area (Å²) in [6, 6.07) is 8.69. The van der Waals surface area contributed by atoms with E-state index in [-0.39, 0.29) is 12.7 Å². The molecule has 2 aliphatic rings. The Labute approximate surface area is 134 Å². The molecule has 0 aromatic heterocycles. The topological polar surface area (TPSA) is 74.4 Å². The van der Waals surface area contributed by atoms with E-state index in [9.17, 15) is 9.59 Å². The lowest BCUT2D eigenvalue weighted by Crippen LogP contribution is -2.49. The minimum Gasteiger partial charge on any atom is -0.459 e. The first-order valence-corrected chi connectivity index (χ1v) is 7.35. The predicted molar refractivity (Wildman–Crippen MR) is 79.8 cm³/mol. The van der Waals surface area contributed by atoms with Crippen molar-refractivity contribution in [3.63, 3.8) is 0 Å². The second-order valence-corrected chi connectivity index (χ2v) is 5.55. The van der Waals surface area contributed by atoms with Gasteiger partial charge in [0.15, 0.2) is 11.7 Å². The second kappa shape index (κ2) is 6.14. The van der Waals surface area contributed by atoms with Gasteiger partial charge in [-0.2, -0.15) is 0 Å². The number of benzene rings is 1. The van der Waals surface area contributed by atoms with E-state index < -0.39 is 29.7 Å². The molecule has 3 rings (SSSR count). The van der Waals surface area contributed by atoms with Crippen LogP contribution in [0, 0.1) is 0 Å². The maximum absolute atomic E-state index is 12.1. The van der Waals surface area contributed by atoms with E-state index in [0.717, 1.165) is 0 Å². The van der Waals surface area contributed by atoms with Crippen LogP contribution in [-0.4, -0.2) is 49.6 Å². The number of fused-ring (bicyclic) bond motifs is 1. The standard InChI is InChI=1S/C17H18O6/c1-11(18)22-15-13(20-2)8-9-14-17(15,23-14)10-21-16(19)12-6-4-3-5-7-12/h3-9,13-15H,10H2,1-2H3/t13-,14-,15+,17-/m1/s1. The lowest BCUT2D eigenvalue weighted by Gasteiger charge is -2.30. The van der Waals surface area contributed by atoms with Gasteiger partial charge >= 0.3 is 11.9 Å². The highest BCUT2D eigenvalue weighted by Crippen LogP contribution is 2.47. The number of hydrogen-bond acceptors (Lipinski definition) is 6. The molecule has 122 valence electrons. The molecule has 6 nitrogen and oxygen atoms in total. The molecule has 0 bridgehead atoms. The summed E-state index contributed by atoms with van der Waals surface area (Å²) in [5.74, 6) is -0.880. The summed E-state index contributed by atoms with van der Waals surface area (Å²) in [5.41, 5.74) is -0.411. The van der Waals surface area contributed by atoms with E-state index >= 15 is 0 Å². The van der Waals surface area contributed by atoms with Crippen LogP contribution in [-0.2, 0) is 23.7 Å². The fourth-order valence-electron chi connectivity index (χ4n) is 2.80. The van der Waals surface area contributed by atoms with Gasteiger partial charge < -0.3 is 18.9 Å². The van der Waals surface area contributed by atoms with Crippen molar-refractivity contribution < 1.29 is 28.5 Å². The van der Waals surface area contributed by atoms with Crippen molar-refractivity contribution in [2.45, 2.75) is 30.8 Å². The Hall–Kier alpha value is -2.18. The maximum atomic E-state index is 12.1. The first kappa shape index (κ1) is 15.7. The van der Waals surface area contributed by atoms with Gasteiger partial charge in [-0.1, -0.05) is 30.4 Å². The average Bonchev–Trinajstić information content (AvgIpc) is 3.29. The molecule has 1 aliphatic carbocycles. The third-order valence-corrected chi connectivity index (χ3v) is 4.03. The number of carbonyl (C=O) groups excluding carboxylic acids is 2. The first-order valence-electron chi connectivity index (χ1n) is 7.35. The highest BCUT2D eigenvalue weighted by molar-refractivity contribution is 5.89. The van der Waals surface area contributed by atoms with Crippen LogP contribution < -0.4 is 0 Å². The highest BCUT2D eigenvalue weighted by Gasteiger charge is 2.67. The number of ether oxygens (including phenoxy) is 4. The van der Waals surface area contributed by atoms with Crippen LogP contribution in [0.25, 0.3) is 0 Å². The third-order valence-electron chi connectivity index (χ3n) is 4.03. The van der Waals surface area contributed by atoms with Crippen molar-refractivity contribution in [3.8, 4) is 0 Å². The molecule has 1 aliphatic heterocycles. The van der Waals surface area contributed by atoms with Gasteiger partial charge in [-0.15, -0.1) is 0 Å². The number of methoxy groups -OCH3 is 1. The molecule has 6 heteroatoms. The zero-order valence-corrected chi connectivity index (χ0v) is 12.9. The summed E-state index contributed by atoms with van der Waals surface area (Å²) in [5, 5.41) is 0. The number of esters is 2. The summed E-state index contributed by atoms with van der Waals surface area (Å²) in [6.45, 7) is 1.32. The molecule has 0 spiro atoms. The first-order chi connectivity index (χ1) is 11.1. The molecule has 1 fully saturated rings. The van der Waals surface area contributed by atoms with E-state index in [1.54, 1.807) is 30.3 Å². The fourth-order valence-corrected chi connectivity index (χ4v) is 2.80. The van der Waals surface area contributed by atoms with Gasteiger partial charge in [-0.3, -0.25) is 4.79 Å². The number of rotatable bonds is 5. The molecule has 1 aromatic rings. The molecule has 1 saturated heterocycles. The molecule has 0 amide bonds. The van der Waals surface area contributed by atoms with Gasteiger partial charge in [0.1, 0.15) is 18.8 Å². The van der Waals surface area contributed by atoms with Gasteiger partial charge in [0, 0.05) is 14.0 Å².